The second-order valence-corrected chi connectivity index (χ2v) is 4.57. The van der Waals surface area contributed by atoms with E-state index in [4.69, 9.17) is 0 Å². The zero-order chi connectivity index (χ0) is 13.2. The highest BCUT2D eigenvalue weighted by Crippen LogP contribution is 2.19. The Morgan fingerprint density at radius 1 is 1.21 bits per heavy atom. The van der Waals surface area contributed by atoms with Crippen LogP contribution in [0, 0.1) is 5.82 Å². The normalized spacial score (nSPS) is 14.1. The maximum absolute atomic E-state index is 13.6. The predicted octanol–water partition coefficient (Wildman–Crippen LogP) is 2.42. The van der Waals surface area contributed by atoms with E-state index in [9.17, 15) is 9.18 Å². The maximum atomic E-state index is 13.6. The molecule has 19 heavy (non-hydrogen) atoms. The first kappa shape index (κ1) is 11.8. The fraction of sp³-hybridized carbons (Fsp3) is 0.200. The van der Waals surface area contributed by atoms with E-state index in [0.29, 0.717) is 13.1 Å². The lowest BCUT2D eigenvalue weighted by Crippen LogP contribution is -2.36. The van der Waals surface area contributed by atoms with Crippen molar-refractivity contribution in [2.75, 3.05) is 6.54 Å². The molecule has 4 heteroatoms. The third-order valence-electron chi connectivity index (χ3n) is 3.36. The molecule has 0 fully saturated rings. The van der Waals surface area contributed by atoms with E-state index in [1.165, 1.54) is 12.1 Å². The van der Waals surface area contributed by atoms with Gasteiger partial charge in [0.15, 0.2) is 0 Å². The topological polar surface area (TPSA) is 33.2 Å². The number of amides is 1. The summed E-state index contributed by atoms with van der Waals surface area (Å²) in [6, 6.07) is 9.92. The van der Waals surface area contributed by atoms with Gasteiger partial charge in [-0.1, -0.05) is 18.2 Å². The summed E-state index contributed by atoms with van der Waals surface area (Å²) in [4.78, 5) is 18.3. The smallest absolute Gasteiger partial charge is 0.257 e. The highest BCUT2D eigenvalue weighted by atomic mass is 19.1. The van der Waals surface area contributed by atoms with Gasteiger partial charge in [0.25, 0.3) is 5.91 Å². The average Bonchev–Trinajstić information content (AvgIpc) is 2.46. The molecule has 0 saturated heterocycles. The van der Waals surface area contributed by atoms with E-state index in [1.54, 1.807) is 23.2 Å². The van der Waals surface area contributed by atoms with Crippen LogP contribution in [0.25, 0.3) is 0 Å². The first-order chi connectivity index (χ1) is 9.25. The van der Waals surface area contributed by atoms with Crippen molar-refractivity contribution in [2.24, 2.45) is 0 Å². The Kier molecular flexibility index (Phi) is 2.99. The van der Waals surface area contributed by atoms with Crippen LogP contribution in [0.4, 0.5) is 4.39 Å². The van der Waals surface area contributed by atoms with E-state index in [1.807, 2.05) is 12.1 Å². The Bertz CT molecular complexity index is 627. The van der Waals surface area contributed by atoms with Gasteiger partial charge in [0.05, 0.1) is 5.56 Å². The largest absolute Gasteiger partial charge is 0.334 e. The van der Waals surface area contributed by atoms with Gasteiger partial charge < -0.3 is 4.90 Å². The van der Waals surface area contributed by atoms with Crippen LogP contribution < -0.4 is 0 Å². The molecular weight excluding hydrogens is 243 g/mol. The second kappa shape index (κ2) is 4.80. The molecule has 0 aliphatic carbocycles. The van der Waals surface area contributed by atoms with Crippen LogP contribution in [-0.2, 0) is 13.0 Å². The molecule has 3 nitrogen and oxygen atoms in total. The van der Waals surface area contributed by atoms with Gasteiger partial charge >= 0.3 is 0 Å². The van der Waals surface area contributed by atoms with Crippen LogP contribution in [0.2, 0.25) is 0 Å². The number of carbonyl (C=O) groups excluding carboxylic acids is 1. The Labute approximate surface area is 110 Å². The van der Waals surface area contributed by atoms with Gasteiger partial charge in [-0.3, -0.25) is 9.78 Å². The van der Waals surface area contributed by atoms with Gasteiger partial charge in [0.1, 0.15) is 5.82 Å². The van der Waals surface area contributed by atoms with Crippen molar-refractivity contribution in [2.45, 2.75) is 13.0 Å². The zero-order valence-corrected chi connectivity index (χ0v) is 10.3. The number of fused-ring (bicyclic) bond motifs is 1. The molecule has 1 amide bonds. The van der Waals surface area contributed by atoms with E-state index in [2.05, 4.69) is 4.98 Å². The summed E-state index contributed by atoms with van der Waals surface area (Å²) in [5, 5.41) is 0. The van der Waals surface area contributed by atoms with Gasteiger partial charge in [-0.15, -0.1) is 0 Å². The molecule has 0 spiro atoms. The molecule has 0 atom stereocenters. The van der Waals surface area contributed by atoms with Crippen LogP contribution in [0.3, 0.4) is 0 Å². The molecule has 0 saturated carbocycles. The molecule has 0 bridgehead atoms. The SMILES string of the molecule is O=C(c1ccccc1F)N1CCc2ncccc2C1. The number of aromatic nitrogens is 1. The first-order valence-corrected chi connectivity index (χ1v) is 6.22. The third-order valence-corrected chi connectivity index (χ3v) is 3.36. The Morgan fingerprint density at radius 3 is 2.89 bits per heavy atom. The van der Waals surface area contributed by atoms with E-state index < -0.39 is 5.82 Å². The Morgan fingerprint density at radius 2 is 2.05 bits per heavy atom. The minimum absolute atomic E-state index is 0.134. The fourth-order valence-electron chi connectivity index (χ4n) is 2.34. The van der Waals surface area contributed by atoms with Crippen molar-refractivity contribution >= 4 is 5.91 Å². The summed E-state index contributed by atoms with van der Waals surface area (Å²) in [5.41, 5.74) is 2.20. The highest BCUT2D eigenvalue weighted by molar-refractivity contribution is 5.94. The van der Waals surface area contributed by atoms with Crippen molar-refractivity contribution in [3.8, 4) is 0 Å². The van der Waals surface area contributed by atoms with Crippen molar-refractivity contribution in [3.05, 3.63) is 65.2 Å². The number of nitrogens with zero attached hydrogens (tertiary/aromatic N) is 2. The van der Waals surface area contributed by atoms with Crippen LogP contribution >= 0.6 is 0 Å². The van der Waals surface area contributed by atoms with Crippen molar-refractivity contribution < 1.29 is 9.18 Å². The van der Waals surface area contributed by atoms with E-state index in [-0.39, 0.29) is 11.5 Å². The zero-order valence-electron chi connectivity index (χ0n) is 10.3. The standard InChI is InChI=1S/C15H13FN2O/c16-13-6-2-1-5-12(13)15(19)18-9-7-14-11(10-18)4-3-8-17-14/h1-6,8H,7,9-10H2. The van der Waals surface area contributed by atoms with E-state index >= 15 is 0 Å². The van der Waals surface area contributed by atoms with Gasteiger partial charge in [0.2, 0.25) is 0 Å². The summed E-state index contributed by atoms with van der Waals surface area (Å²) >= 11 is 0. The molecule has 2 heterocycles. The highest BCUT2D eigenvalue weighted by Gasteiger charge is 2.23. The molecule has 2 aromatic rings. The van der Waals surface area contributed by atoms with Gasteiger partial charge in [-0.2, -0.15) is 0 Å². The number of hydrogen-bond donors (Lipinski definition) is 0. The van der Waals surface area contributed by atoms with Crippen molar-refractivity contribution in [1.29, 1.82) is 0 Å². The van der Waals surface area contributed by atoms with Crippen LogP contribution in [-0.4, -0.2) is 22.3 Å². The monoisotopic (exact) mass is 256 g/mol. The molecule has 1 aromatic heterocycles. The molecular formula is C15H13FN2O. The summed E-state index contributed by atoms with van der Waals surface area (Å²) < 4.78 is 13.6. The van der Waals surface area contributed by atoms with Gasteiger partial charge in [0, 0.05) is 31.4 Å². The molecule has 0 N–H and O–H groups in total. The lowest BCUT2D eigenvalue weighted by Gasteiger charge is -2.28. The second-order valence-electron chi connectivity index (χ2n) is 4.57. The summed E-state index contributed by atoms with van der Waals surface area (Å²) in [6.45, 7) is 1.08. The number of hydrogen-bond acceptors (Lipinski definition) is 2. The van der Waals surface area contributed by atoms with Crippen LogP contribution in [0.15, 0.2) is 42.6 Å². The molecule has 0 unspecified atom stereocenters. The molecule has 96 valence electrons. The third kappa shape index (κ3) is 2.21. The number of halogens is 1. The Balaban J connectivity index is 1.86. The van der Waals surface area contributed by atoms with Gasteiger partial charge in [-0.25, -0.2) is 4.39 Å². The average molecular weight is 256 g/mol. The molecule has 1 aliphatic rings. The number of carbonyl (C=O) groups is 1. The lowest BCUT2D eigenvalue weighted by molar-refractivity contribution is 0.0729. The quantitative estimate of drug-likeness (QED) is 0.785. The maximum Gasteiger partial charge on any atom is 0.257 e. The van der Waals surface area contributed by atoms with Crippen LogP contribution in [0.5, 0.6) is 0 Å². The summed E-state index contributed by atoms with van der Waals surface area (Å²) in [6.07, 6.45) is 2.48. The summed E-state index contributed by atoms with van der Waals surface area (Å²) in [7, 11) is 0. The van der Waals surface area contributed by atoms with E-state index in [0.717, 1.165) is 17.7 Å². The first-order valence-electron chi connectivity index (χ1n) is 6.22. The predicted molar refractivity (Wildman–Crippen MR) is 69.1 cm³/mol. The molecule has 0 radical (unpaired) electrons. The molecule has 1 aromatic carbocycles. The molecule has 1 aliphatic heterocycles. The van der Waals surface area contributed by atoms with Crippen molar-refractivity contribution in [3.63, 3.8) is 0 Å². The Hall–Kier alpha value is -2.23. The van der Waals surface area contributed by atoms with Crippen LogP contribution in [0.1, 0.15) is 21.6 Å². The number of rotatable bonds is 1. The summed E-state index contributed by atoms with van der Waals surface area (Å²) in [5.74, 6) is -0.725. The minimum Gasteiger partial charge on any atom is -0.334 e. The van der Waals surface area contributed by atoms with Gasteiger partial charge in [-0.05, 0) is 23.8 Å². The van der Waals surface area contributed by atoms with Crippen molar-refractivity contribution in [1.82, 2.24) is 9.88 Å². The number of benzene rings is 1. The molecule has 3 rings (SSSR count). The minimum atomic E-state index is -0.468. The number of pyridine rings is 1. The lowest BCUT2D eigenvalue weighted by atomic mass is 10.0. The fourth-order valence-corrected chi connectivity index (χ4v) is 2.34.